The summed E-state index contributed by atoms with van der Waals surface area (Å²) in [5.41, 5.74) is 3.87. The molecule has 1 amide bonds. The molecule has 0 fully saturated rings. The van der Waals surface area contributed by atoms with Gasteiger partial charge in [-0.25, -0.2) is 0 Å². The molecule has 0 aliphatic carbocycles. The number of fused-ring (bicyclic) bond motifs is 1. The monoisotopic (exact) mass is 338 g/mol. The minimum absolute atomic E-state index is 0.0307. The molecule has 0 spiro atoms. The lowest BCUT2D eigenvalue weighted by atomic mass is 9.94. The molecule has 132 valence electrons. The van der Waals surface area contributed by atoms with Crippen LogP contribution in [-0.2, 0) is 29.1 Å². The smallest absolute Gasteiger partial charge is 0.248 e. The van der Waals surface area contributed by atoms with E-state index in [-0.39, 0.29) is 12.5 Å². The van der Waals surface area contributed by atoms with E-state index in [1.165, 1.54) is 11.1 Å². The first kappa shape index (κ1) is 17.6. The second kappa shape index (κ2) is 8.28. The molecule has 4 nitrogen and oxygen atoms in total. The molecule has 0 saturated carbocycles. The third-order valence-electron chi connectivity index (χ3n) is 4.86. The minimum Gasteiger partial charge on any atom is -0.367 e. The summed E-state index contributed by atoms with van der Waals surface area (Å²) in [4.78, 5) is 16.5. The fourth-order valence-electron chi connectivity index (χ4n) is 3.28. The van der Waals surface area contributed by atoms with Crippen molar-refractivity contribution in [3.05, 3.63) is 71.3 Å². The van der Waals surface area contributed by atoms with Crippen LogP contribution in [0.25, 0.3) is 0 Å². The number of likely N-dealkylation sites (N-methyl/N-ethyl adjacent to an activating group) is 2. The van der Waals surface area contributed by atoms with Crippen LogP contribution in [0.1, 0.15) is 16.7 Å². The molecular weight excluding hydrogens is 312 g/mol. The lowest BCUT2D eigenvalue weighted by Gasteiger charge is -2.36. The molecule has 4 heteroatoms. The summed E-state index contributed by atoms with van der Waals surface area (Å²) in [6.45, 7) is 2.25. The molecule has 0 N–H and O–H groups in total. The van der Waals surface area contributed by atoms with E-state index < -0.39 is 0 Å². The third-order valence-corrected chi connectivity index (χ3v) is 4.86. The highest BCUT2D eigenvalue weighted by molar-refractivity contribution is 5.77. The summed E-state index contributed by atoms with van der Waals surface area (Å²) in [6, 6.07) is 18.8. The van der Waals surface area contributed by atoms with Gasteiger partial charge >= 0.3 is 0 Å². The van der Waals surface area contributed by atoms with Gasteiger partial charge in [-0.2, -0.15) is 0 Å². The maximum atomic E-state index is 12.3. The Balaban J connectivity index is 1.48. The second-order valence-corrected chi connectivity index (χ2v) is 6.79. The maximum absolute atomic E-state index is 12.3. The Morgan fingerprint density at radius 3 is 2.56 bits per heavy atom. The SMILES string of the molecule is CN(C[C@H]1Cc2ccccc2CN1C)C(=O)COCc1ccccc1. The zero-order valence-electron chi connectivity index (χ0n) is 15.0. The van der Waals surface area contributed by atoms with Crippen LogP contribution in [0, 0.1) is 0 Å². The molecule has 0 aromatic heterocycles. The standard InChI is InChI=1S/C21H26N2O2/c1-22-13-19-11-7-6-10-18(19)12-20(22)14-23(2)21(24)16-25-15-17-8-4-3-5-9-17/h3-11,20H,12-16H2,1-2H3/t20-/m1/s1. The van der Waals surface area contributed by atoms with Crippen molar-refractivity contribution in [2.45, 2.75) is 25.6 Å². The first-order chi connectivity index (χ1) is 12.1. The van der Waals surface area contributed by atoms with Crippen molar-refractivity contribution in [2.24, 2.45) is 0 Å². The zero-order valence-corrected chi connectivity index (χ0v) is 15.0. The first-order valence-corrected chi connectivity index (χ1v) is 8.76. The first-order valence-electron chi connectivity index (χ1n) is 8.76. The van der Waals surface area contributed by atoms with Gasteiger partial charge in [0.2, 0.25) is 5.91 Å². The molecule has 0 saturated heterocycles. The molecular formula is C21H26N2O2. The van der Waals surface area contributed by atoms with Gasteiger partial charge in [0.1, 0.15) is 6.61 Å². The fourth-order valence-corrected chi connectivity index (χ4v) is 3.28. The second-order valence-electron chi connectivity index (χ2n) is 6.79. The van der Waals surface area contributed by atoms with E-state index in [1.807, 2.05) is 37.4 Å². The van der Waals surface area contributed by atoms with Gasteiger partial charge in [0, 0.05) is 26.2 Å². The maximum Gasteiger partial charge on any atom is 0.248 e. The Kier molecular flexibility index (Phi) is 5.84. The molecule has 0 bridgehead atoms. The Morgan fingerprint density at radius 1 is 1.12 bits per heavy atom. The summed E-state index contributed by atoms with van der Waals surface area (Å²) >= 11 is 0. The van der Waals surface area contributed by atoms with Crippen LogP contribution in [-0.4, -0.2) is 49.0 Å². The van der Waals surface area contributed by atoms with Crippen molar-refractivity contribution >= 4 is 5.91 Å². The number of carbonyl (C=O) groups is 1. The van der Waals surface area contributed by atoms with Crippen molar-refractivity contribution in [3.63, 3.8) is 0 Å². The number of hydrogen-bond donors (Lipinski definition) is 0. The van der Waals surface area contributed by atoms with Gasteiger partial charge in [0.25, 0.3) is 0 Å². The Bertz CT molecular complexity index is 702. The summed E-state index contributed by atoms with van der Waals surface area (Å²) in [6.07, 6.45) is 0.981. The molecule has 1 atom stereocenters. The van der Waals surface area contributed by atoms with Crippen molar-refractivity contribution in [1.29, 1.82) is 0 Å². The van der Waals surface area contributed by atoms with Crippen LogP contribution in [0.15, 0.2) is 54.6 Å². The molecule has 0 radical (unpaired) electrons. The van der Waals surface area contributed by atoms with Crippen LogP contribution in [0.4, 0.5) is 0 Å². The van der Waals surface area contributed by atoms with Crippen LogP contribution < -0.4 is 0 Å². The number of benzene rings is 2. The molecule has 1 aliphatic heterocycles. The van der Waals surface area contributed by atoms with Gasteiger partial charge < -0.3 is 9.64 Å². The summed E-state index contributed by atoms with van der Waals surface area (Å²) in [5.74, 6) is 0.0307. The molecule has 1 heterocycles. The van der Waals surface area contributed by atoms with E-state index in [2.05, 4.69) is 36.2 Å². The van der Waals surface area contributed by atoms with E-state index in [4.69, 9.17) is 4.74 Å². The Hall–Kier alpha value is -2.17. The molecule has 1 aliphatic rings. The van der Waals surface area contributed by atoms with Crippen molar-refractivity contribution in [3.8, 4) is 0 Å². The van der Waals surface area contributed by atoms with Gasteiger partial charge in [-0.3, -0.25) is 9.69 Å². The van der Waals surface area contributed by atoms with Crippen LogP contribution in [0.3, 0.4) is 0 Å². The number of nitrogens with zero attached hydrogens (tertiary/aromatic N) is 2. The van der Waals surface area contributed by atoms with Gasteiger partial charge in [-0.1, -0.05) is 54.6 Å². The van der Waals surface area contributed by atoms with Crippen molar-refractivity contribution < 1.29 is 9.53 Å². The van der Waals surface area contributed by atoms with E-state index >= 15 is 0 Å². The predicted octanol–water partition coefficient (Wildman–Crippen LogP) is 2.72. The van der Waals surface area contributed by atoms with E-state index in [0.717, 1.165) is 25.1 Å². The molecule has 2 aromatic rings. The lowest BCUT2D eigenvalue weighted by Crippen LogP contribution is -2.46. The largest absolute Gasteiger partial charge is 0.367 e. The summed E-state index contributed by atoms with van der Waals surface area (Å²) < 4.78 is 5.57. The quantitative estimate of drug-likeness (QED) is 0.812. The third kappa shape index (κ3) is 4.68. The van der Waals surface area contributed by atoms with Crippen LogP contribution in [0.5, 0.6) is 0 Å². The molecule has 3 rings (SSSR count). The van der Waals surface area contributed by atoms with Gasteiger partial charge in [0.15, 0.2) is 0 Å². The Morgan fingerprint density at radius 2 is 1.80 bits per heavy atom. The highest BCUT2D eigenvalue weighted by atomic mass is 16.5. The number of carbonyl (C=O) groups excluding carboxylic acids is 1. The fraction of sp³-hybridized carbons (Fsp3) is 0.381. The summed E-state index contributed by atoms with van der Waals surface area (Å²) in [7, 11) is 3.99. The average Bonchev–Trinajstić information content (AvgIpc) is 2.63. The highest BCUT2D eigenvalue weighted by Gasteiger charge is 2.25. The number of amides is 1. The van der Waals surface area contributed by atoms with E-state index in [0.29, 0.717) is 12.6 Å². The molecule has 0 unspecified atom stereocenters. The van der Waals surface area contributed by atoms with Gasteiger partial charge in [0.05, 0.1) is 6.61 Å². The van der Waals surface area contributed by atoms with Gasteiger partial charge in [-0.05, 0) is 30.2 Å². The number of ether oxygens (including phenoxy) is 1. The average molecular weight is 338 g/mol. The predicted molar refractivity (Wildman–Crippen MR) is 99.1 cm³/mol. The lowest BCUT2D eigenvalue weighted by molar-refractivity contribution is -0.136. The molecule has 25 heavy (non-hydrogen) atoms. The normalized spacial score (nSPS) is 17.1. The topological polar surface area (TPSA) is 32.8 Å². The minimum atomic E-state index is 0.0307. The summed E-state index contributed by atoms with van der Waals surface area (Å²) in [5, 5.41) is 0. The Labute approximate surface area is 150 Å². The van der Waals surface area contributed by atoms with Gasteiger partial charge in [-0.15, -0.1) is 0 Å². The number of rotatable bonds is 6. The van der Waals surface area contributed by atoms with Crippen molar-refractivity contribution in [2.75, 3.05) is 27.2 Å². The zero-order chi connectivity index (χ0) is 17.6. The molecule has 2 aromatic carbocycles. The van der Waals surface area contributed by atoms with Crippen LogP contribution >= 0.6 is 0 Å². The van der Waals surface area contributed by atoms with E-state index in [9.17, 15) is 4.79 Å². The van der Waals surface area contributed by atoms with Crippen LogP contribution in [0.2, 0.25) is 0 Å². The van der Waals surface area contributed by atoms with E-state index in [1.54, 1.807) is 4.90 Å². The number of hydrogen-bond acceptors (Lipinski definition) is 3. The van der Waals surface area contributed by atoms with Crippen molar-refractivity contribution in [1.82, 2.24) is 9.80 Å². The highest BCUT2D eigenvalue weighted by Crippen LogP contribution is 2.22.